The number of hydrogen-bond acceptors (Lipinski definition) is 4. The summed E-state index contributed by atoms with van der Waals surface area (Å²) in [7, 11) is 1.34. The molecule has 1 amide bonds. The summed E-state index contributed by atoms with van der Waals surface area (Å²) in [6.07, 6.45) is 1.64. The van der Waals surface area contributed by atoms with E-state index in [1.165, 1.54) is 19.2 Å². The monoisotopic (exact) mass is 322 g/mol. The highest BCUT2D eigenvalue weighted by molar-refractivity contribution is 5.80. The summed E-state index contributed by atoms with van der Waals surface area (Å²) in [5, 5.41) is 2.83. The third-order valence-electron chi connectivity index (χ3n) is 4.15. The minimum atomic E-state index is -0.613. The van der Waals surface area contributed by atoms with Gasteiger partial charge in [-0.05, 0) is 44.0 Å². The Labute approximate surface area is 135 Å². The highest BCUT2D eigenvalue weighted by Crippen LogP contribution is 2.28. The molecule has 1 aliphatic rings. The largest absolute Gasteiger partial charge is 0.468 e. The summed E-state index contributed by atoms with van der Waals surface area (Å²) < 4.78 is 18.1. The maximum Gasteiger partial charge on any atom is 0.327 e. The number of amides is 1. The maximum atomic E-state index is 13.1. The van der Waals surface area contributed by atoms with Crippen LogP contribution in [0.5, 0.6) is 0 Å². The zero-order chi connectivity index (χ0) is 16.8. The van der Waals surface area contributed by atoms with E-state index in [1.54, 1.807) is 12.1 Å². The van der Waals surface area contributed by atoms with Gasteiger partial charge < -0.3 is 10.1 Å². The number of nitrogens with zero attached hydrogens (tertiary/aromatic N) is 1. The lowest BCUT2D eigenvalue weighted by Gasteiger charge is -2.36. The van der Waals surface area contributed by atoms with Gasteiger partial charge in [0.1, 0.15) is 11.9 Å². The van der Waals surface area contributed by atoms with Gasteiger partial charge in [-0.25, -0.2) is 9.18 Å². The molecule has 1 aromatic rings. The molecule has 5 nitrogen and oxygen atoms in total. The second kappa shape index (κ2) is 8.06. The number of likely N-dealkylation sites (tertiary alicyclic amines) is 1. The zero-order valence-corrected chi connectivity index (χ0v) is 13.5. The summed E-state index contributed by atoms with van der Waals surface area (Å²) in [6.45, 7) is 3.66. The Balaban J connectivity index is 2.20. The molecular weight excluding hydrogens is 299 g/mol. The van der Waals surface area contributed by atoms with Gasteiger partial charge in [-0.15, -0.1) is 0 Å². The number of nitrogens with one attached hydrogen (secondary N) is 1. The Morgan fingerprint density at radius 2 is 2.09 bits per heavy atom. The fourth-order valence-electron chi connectivity index (χ4n) is 3.03. The van der Waals surface area contributed by atoms with E-state index in [4.69, 9.17) is 4.74 Å². The molecule has 0 saturated carbocycles. The number of hydrogen-bond donors (Lipinski definition) is 1. The van der Waals surface area contributed by atoms with Crippen LogP contribution < -0.4 is 5.32 Å². The van der Waals surface area contributed by atoms with Crippen molar-refractivity contribution < 1.29 is 18.7 Å². The first-order chi connectivity index (χ1) is 11.1. The molecule has 0 spiro atoms. The number of ether oxygens (including phenoxy) is 1. The Morgan fingerprint density at radius 3 is 2.70 bits per heavy atom. The first-order valence-corrected chi connectivity index (χ1v) is 7.91. The van der Waals surface area contributed by atoms with E-state index in [-0.39, 0.29) is 17.6 Å². The Kier molecular flexibility index (Phi) is 6.10. The summed E-state index contributed by atoms with van der Waals surface area (Å²) in [6, 6.07) is 5.23. The standard InChI is InChI=1S/C17H23FN2O3/c1-3-19-16(21)13-5-4-10-20(11-13)15(17(22)23-2)12-6-8-14(18)9-7-12/h6-9,13,15H,3-5,10-11H2,1-2H3,(H,19,21)/t13-,15-/m1/s1. The van der Waals surface area contributed by atoms with E-state index in [0.717, 1.165) is 12.8 Å². The summed E-state index contributed by atoms with van der Waals surface area (Å²) in [5.41, 5.74) is 0.676. The molecule has 126 valence electrons. The third-order valence-corrected chi connectivity index (χ3v) is 4.15. The Morgan fingerprint density at radius 1 is 1.39 bits per heavy atom. The summed E-state index contributed by atoms with van der Waals surface area (Å²) in [5.74, 6) is -0.874. The first kappa shape index (κ1) is 17.4. The van der Waals surface area contributed by atoms with Gasteiger partial charge in [0, 0.05) is 13.1 Å². The lowest BCUT2D eigenvalue weighted by Crippen LogP contribution is -2.46. The highest BCUT2D eigenvalue weighted by atomic mass is 19.1. The van der Waals surface area contributed by atoms with E-state index in [0.29, 0.717) is 25.2 Å². The predicted molar refractivity (Wildman–Crippen MR) is 84.1 cm³/mol. The van der Waals surface area contributed by atoms with E-state index in [1.807, 2.05) is 11.8 Å². The van der Waals surface area contributed by atoms with Crippen LogP contribution in [0.25, 0.3) is 0 Å². The van der Waals surface area contributed by atoms with Gasteiger partial charge in [0.25, 0.3) is 0 Å². The minimum absolute atomic E-state index is 0.0138. The number of rotatable bonds is 5. The van der Waals surface area contributed by atoms with Crippen molar-refractivity contribution >= 4 is 11.9 Å². The summed E-state index contributed by atoms with van der Waals surface area (Å²) >= 11 is 0. The van der Waals surface area contributed by atoms with Gasteiger partial charge in [0.05, 0.1) is 13.0 Å². The van der Waals surface area contributed by atoms with Crippen LogP contribution in [0.4, 0.5) is 4.39 Å². The molecule has 2 atom stereocenters. The third kappa shape index (κ3) is 4.28. The molecule has 1 aromatic carbocycles. The molecule has 0 unspecified atom stereocenters. The van der Waals surface area contributed by atoms with Crippen LogP contribution in [-0.4, -0.2) is 43.5 Å². The van der Waals surface area contributed by atoms with Crippen molar-refractivity contribution in [1.29, 1.82) is 0 Å². The fraction of sp³-hybridized carbons (Fsp3) is 0.529. The van der Waals surface area contributed by atoms with Gasteiger partial charge in [-0.2, -0.15) is 0 Å². The molecule has 0 radical (unpaired) electrons. The van der Waals surface area contributed by atoms with Crippen LogP contribution in [0, 0.1) is 11.7 Å². The van der Waals surface area contributed by atoms with Crippen LogP contribution in [0.3, 0.4) is 0 Å². The van der Waals surface area contributed by atoms with E-state index in [2.05, 4.69) is 5.32 Å². The molecule has 1 N–H and O–H groups in total. The number of esters is 1. The minimum Gasteiger partial charge on any atom is -0.468 e. The van der Waals surface area contributed by atoms with Crippen molar-refractivity contribution in [3.63, 3.8) is 0 Å². The van der Waals surface area contributed by atoms with E-state index >= 15 is 0 Å². The van der Waals surface area contributed by atoms with Crippen molar-refractivity contribution in [2.75, 3.05) is 26.7 Å². The second-order valence-electron chi connectivity index (χ2n) is 5.71. The number of halogens is 1. The Hall–Kier alpha value is -1.95. The number of benzene rings is 1. The van der Waals surface area contributed by atoms with Gasteiger partial charge in [-0.3, -0.25) is 9.69 Å². The van der Waals surface area contributed by atoms with Crippen molar-refractivity contribution in [2.45, 2.75) is 25.8 Å². The number of carbonyl (C=O) groups is 2. The average Bonchev–Trinajstić information content (AvgIpc) is 2.57. The molecule has 2 rings (SSSR count). The van der Waals surface area contributed by atoms with Crippen LogP contribution in [-0.2, 0) is 14.3 Å². The second-order valence-corrected chi connectivity index (χ2v) is 5.71. The average molecular weight is 322 g/mol. The molecule has 6 heteroatoms. The molecule has 1 heterocycles. The molecule has 0 aliphatic carbocycles. The van der Waals surface area contributed by atoms with Crippen LogP contribution in [0.1, 0.15) is 31.4 Å². The van der Waals surface area contributed by atoms with E-state index < -0.39 is 12.0 Å². The topological polar surface area (TPSA) is 58.6 Å². The van der Waals surface area contributed by atoms with Gasteiger partial charge >= 0.3 is 5.97 Å². The maximum absolute atomic E-state index is 13.1. The molecule has 0 aromatic heterocycles. The van der Waals surface area contributed by atoms with Crippen molar-refractivity contribution in [3.05, 3.63) is 35.6 Å². The lowest BCUT2D eigenvalue weighted by atomic mass is 9.94. The van der Waals surface area contributed by atoms with Crippen LogP contribution >= 0.6 is 0 Å². The zero-order valence-electron chi connectivity index (χ0n) is 13.5. The van der Waals surface area contributed by atoms with Gasteiger partial charge in [-0.1, -0.05) is 12.1 Å². The quantitative estimate of drug-likeness (QED) is 0.841. The van der Waals surface area contributed by atoms with Crippen molar-refractivity contribution in [1.82, 2.24) is 10.2 Å². The van der Waals surface area contributed by atoms with Crippen LogP contribution in [0.2, 0.25) is 0 Å². The Bertz CT molecular complexity index is 547. The fourth-order valence-corrected chi connectivity index (χ4v) is 3.03. The van der Waals surface area contributed by atoms with Crippen LogP contribution in [0.15, 0.2) is 24.3 Å². The lowest BCUT2D eigenvalue weighted by molar-refractivity contribution is -0.149. The SMILES string of the molecule is CCNC(=O)[C@@H]1CCCN([C@@H](C(=O)OC)c2ccc(F)cc2)C1. The summed E-state index contributed by atoms with van der Waals surface area (Å²) in [4.78, 5) is 26.3. The van der Waals surface area contributed by atoms with Gasteiger partial charge in [0.2, 0.25) is 5.91 Å². The van der Waals surface area contributed by atoms with Gasteiger partial charge in [0.15, 0.2) is 0 Å². The van der Waals surface area contributed by atoms with Crippen molar-refractivity contribution in [3.8, 4) is 0 Å². The van der Waals surface area contributed by atoms with Crippen molar-refractivity contribution in [2.24, 2.45) is 5.92 Å². The number of piperidine rings is 1. The molecule has 1 fully saturated rings. The smallest absolute Gasteiger partial charge is 0.327 e. The van der Waals surface area contributed by atoms with E-state index in [9.17, 15) is 14.0 Å². The predicted octanol–water partition coefficient (Wildman–Crippen LogP) is 1.89. The molecule has 1 aliphatic heterocycles. The molecule has 23 heavy (non-hydrogen) atoms. The molecule has 0 bridgehead atoms. The first-order valence-electron chi connectivity index (χ1n) is 7.91. The molecular formula is C17H23FN2O3. The normalized spacial score (nSPS) is 19.9. The molecule has 1 saturated heterocycles. The number of carbonyl (C=O) groups excluding carboxylic acids is 2. The highest BCUT2D eigenvalue weighted by Gasteiger charge is 2.34. The number of methoxy groups -OCH3 is 1.